The Hall–Kier alpha value is -1.73. The largest absolute Gasteiger partial charge is 0.376 e. The summed E-state index contributed by atoms with van der Waals surface area (Å²) in [4.78, 5) is 11.8. The second-order valence-corrected chi connectivity index (χ2v) is 4.99. The summed E-state index contributed by atoms with van der Waals surface area (Å²) in [6.45, 7) is 0.694. The number of hydrazine groups is 1. The van der Waals surface area contributed by atoms with Crippen LogP contribution in [0.5, 0.6) is 0 Å². The summed E-state index contributed by atoms with van der Waals surface area (Å²) in [7, 11) is 0. The van der Waals surface area contributed by atoms with Crippen molar-refractivity contribution in [2.75, 3.05) is 18.6 Å². The van der Waals surface area contributed by atoms with Gasteiger partial charge in [0, 0.05) is 12.1 Å². The van der Waals surface area contributed by atoms with Gasteiger partial charge in [0.2, 0.25) is 0 Å². The third-order valence-corrected chi connectivity index (χ3v) is 3.49. The normalized spacial score (nSPS) is 15.2. The average molecular weight is 299 g/mol. The average Bonchev–Trinajstić information content (AvgIpc) is 2.96. The highest BCUT2D eigenvalue weighted by atomic mass is 19.1. The van der Waals surface area contributed by atoms with Crippen LogP contribution in [-0.2, 0) is 4.74 Å². The van der Waals surface area contributed by atoms with E-state index >= 15 is 0 Å². The highest BCUT2D eigenvalue weighted by Crippen LogP contribution is 2.21. The molecule has 0 bridgehead atoms. The number of hydrogen-bond acceptors (Lipinski definition) is 4. The Balaban J connectivity index is 1.82. The predicted octanol–water partition coefficient (Wildman–Crippen LogP) is 1.94. The first-order valence-electron chi connectivity index (χ1n) is 6.97. The molecule has 0 spiro atoms. The summed E-state index contributed by atoms with van der Waals surface area (Å²) in [6, 6.07) is 1.87. The quantitative estimate of drug-likeness (QED) is 0.426. The van der Waals surface area contributed by atoms with Crippen LogP contribution in [0.4, 0.5) is 14.5 Å². The van der Waals surface area contributed by atoms with E-state index in [1.54, 1.807) is 0 Å². The molecule has 1 aromatic rings. The first-order valence-corrected chi connectivity index (χ1v) is 6.97. The molecule has 21 heavy (non-hydrogen) atoms. The van der Waals surface area contributed by atoms with Gasteiger partial charge in [-0.25, -0.2) is 8.78 Å². The molecule has 1 amide bonds. The zero-order chi connectivity index (χ0) is 15.2. The van der Waals surface area contributed by atoms with Crippen LogP contribution in [0.2, 0.25) is 0 Å². The number of halogens is 2. The van der Waals surface area contributed by atoms with E-state index in [9.17, 15) is 13.6 Å². The van der Waals surface area contributed by atoms with Crippen LogP contribution in [0.25, 0.3) is 0 Å². The van der Waals surface area contributed by atoms with E-state index in [2.05, 4.69) is 5.32 Å². The van der Waals surface area contributed by atoms with E-state index < -0.39 is 23.2 Å². The Morgan fingerprint density at radius 1 is 1.29 bits per heavy atom. The maximum Gasteiger partial charge on any atom is 0.251 e. The highest BCUT2D eigenvalue weighted by Gasteiger charge is 2.16. The van der Waals surface area contributed by atoms with Crippen LogP contribution in [0.15, 0.2) is 12.1 Å². The summed E-state index contributed by atoms with van der Waals surface area (Å²) in [5.41, 5.74) is 1.36. The van der Waals surface area contributed by atoms with Crippen LogP contribution in [0.1, 0.15) is 36.0 Å². The first kappa shape index (κ1) is 15.7. The lowest BCUT2D eigenvalue weighted by atomic mass is 10.1. The summed E-state index contributed by atoms with van der Waals surface area (Å²) >= 11 is 0. The Kier molecular flexibility index (Phi) is 5.46. The SMILES string of the molecule is NNc1c(F)cc(C(=O)NCCOC2CCCC2)cc1F. The summed E-state index contributed by atoms with van der Waals surface area (Å²) in [5.74, 6) is 2.61. The molecule has 5 nitrogen and oxygen atoms in total. The molecule has 0 atom stereocenters. The standard InChI is InChI=1S/C14H19F2N3O2/c15-11-7-9(8-12(16)13(11)19-17)14(20)18-5-6-21-10-3-1-2-4-10/h7-8,10,19H,1-6,17H2,(H,18,20). The van der Waals surface area contributed by atoms with Crippen molar-refractivity contribution in [2.24, 2.45) is 5.84 Å². The van der Waals surface area contributed by atoms with E-state index in [-0.39, 0.29) is 11.7 Å². The Morgan fingerprint density at radius 2 is 1.90 bits per heavy atom. The molecule has 1 aliphatic rings. The molecular weight excluding hydrogens is 280 g/mol. The number of nitrogens with two attached hydrogens (primary N) is 1. The van der Waals surface area contributed by atoms with Crippen LogP contribution in [0.3, 0.4) is 0 Å². The maximum absolute atomic E-state index is 13.5. The van der Waals surface area contributed by atoms with Crippen molar-refractivity contribution in [2.45, 2.75) is 31.8 Å². The number of ether oxygens (including phenoxy) is 1. The van der Waals surface area contributed by atoms with Gasteiger partial charge in [0.15, 0.2) is 11.6 Å². The van der Waals surface area contributed by atoms with Gasteiger partial charge >= 0.3 is 0 Å². The molecule has 1 aliphatic carbocycles. The maximum atomic E-state index is 13.5. The lowest BCUT2D eigenvalue weighted by molar-refractivity contribution is 0.0581. The number of carbonyl (C=O) groups is 1. The molecule has 0 aromatic heterocycles. The molecule has 1 aromatic carbocycles. The molecule has 116 valence electrons. The molecule has 7 heteroatoms. The molecular formula is C14H19F2N3O2. The van der Waals surface area contributed by atoms with Crippen LogP contribution in [-0.4, -0.2) is 25.2 Å². The molecule has 4 N–H and O–H groups in total. The van der Waals surface area contributed by atoms with E-state index in [1.165, 1.54) is 12.8 Å². The monoisotopic (exact) mass is 299 g/mol. The lowest BCUT2D eigenvalue weighted by Crippen LogP contribution is -2.28. The first-order chi connectivity index (χ1) is 10.1. The van der Waals surface area contributed by atoms with Crippen molar-refractivity contribution in [1.29, 1.82) is 0 Å². The molecule has 2 rings (SSSR count). The minimum absolute atomic E-state index is 0.0927. The van der Waals surface area contributed by atoms with Crippen LogP contribution in [0, 0.1) is 11.6 Å². The fourth-order valence-corrected chi connectivity index (χ4v) is 2.39. The van der Waals surface area contributed by atoms with Gasteiger partial charge in [0.25, 0.3) is 5.91 Å². The van der Waals surface area contributed by atoms with Crippen molar-refractivity contribution < 1.29 is 18.3 Å². The molecule has 0 unspecified atom stereocenters. The summed E-state index contributed by atoms with van der Waals surface area (Å²) in [6.07, 6.45) is 4.73. The summed E-state index contributed by atoms with van der Waals surface area (Å²) < 4.78 is 32.5. The number of benzene rings is 1. The third-order valence-electron chi connectivity index (χ3n) is 3.49. The van der Waals surface area contributed by atoms with Crippen LogP contribution < -0.4 is 16.6 Å². The van der Waals surface area contributed by atoms with Gasteiger partial charge in [-0.05, 0) is 25.0 Å². The number of nitrogens with one attached hydrogen (secondary N) is 2. The minimum atomic E-state index is -0.912. The Bertz CT molecular complexity index is 482. The molecule has 1 saturated carbocycles. The lowest BCUT2D eigenvalue weighted by Gasteiger charge is -2.12. The smallest absolute Gasteiger partial charge is 0.251 e. The van der Waals surface area contributed by atoms with Crippen molar-refractivity contribution in [3.8, 4) is 0 Å². The van der Waals surface area contributed by atoms with Gasteiger partial charge < -0.3 is 15.5 Å². The minimum Gasteiger partial charge on any atom is -0.376 e. The number of hydrogen-bond donors (Lipinski definition) is 3. The zero-order valence-electron chi connectivity index (χ0n) is 11.6. The van der Waals surface area contributed by atoms with Crippen LogP contribution >= 0.6 is 0 Å². The van der Waals surface area contributed by atoms with Gasteiger partial charge in [-0.1, -0.05) is 12.8 Å². The Labute approximate surface area is 121 Å². The van der Waals surface area contributed by atoms with Crippen molar-refractivity contribution in [3.05, 3.63) is 29.3 Å². The number of amides is 1. The fraction of sp³-hybridized carbons (Fsp3) is 0.500. The highest BCUT2D eigenvalue weighted by molar-refractivity contribution is 5.94. The molecule has 0 heterocycles. The number of carbonyl (C=O) groups excluding carboxylic acids is 1. The van der Waals surface area contributed by atoms with E-state index in [0.29, 0.717) is 13.2 Å². The molecule has 0 aliphatic heterocycles. The molecule has 0 radical (unpaired) electrons. The number of nitrogen functional groups attached to an aromatic ring is 1. The van der Waals surface area contributed by atoms with Crippen molar-refractivity contribution in [3.63, 3.8) is 0 Å². The van der Waals surface area contributed by atoms with Crippen molar-refractivity contribution in [1.82, 2.24) is 5.32 Å². The third kappa shape index (κ3) is 4.12. The molecule has 1 fully saturated rings. The number of rotatable bonds is 6. The van der Waals surface area contributed by atoms with Gasteiger partial charge in [-0.2, -0.15) is 0 Å². The number of anilines is 1. The van der Waals surface area contributed by atoms with Gasteiger partial charge in [-0.15, -0.1) is 0 Å². The van der Waals surface area contributed by atoms with Gasteiger partial charge in [-0.3, -0.25) is 10.6 Å². The van der Waals surface area contributed by atoms with Gasteiger partial charge in [0.05, 0.1) is 12.7 Å². The molecule has 0 saturated heterocycles. The predicted molar refractivity (Wildman–Crippen MR) is 74.7 cm³/mol. The second kappa shape index (κ2) is 7.33. The zero-order valence-corrected chi connectivity index (χ0v) is 11.6. The topological polar surface area (TPSA) is 76.4 Å². The van der Waals surface area contributed by atoms with E-state index in [4.69, 9.17) is 10.6 Å². The summed E-state index contributed by atoms with van der Waals surface area (Å²) in [5, 5.41) is 2.57. The van der Waals surface area contributed by atoms with E-state index in [0.717, 1.165) is 25.0 Å². The fourth-order valence-electron chi connectivity index (χ4n) is 2.39. The van der Waals surface area contributed by atoms with Gasteiger partial charge in [0.1, 0.15) is 5.69 Å². The van der Waals surface area contributed by atoms with E-state index in [1.807, 2.05) is 5.43 Å². The second-order valence-electron chi connectivity index (χ2n) is 4.99. The Morgan fingerprint density at radius 3 is 2.48 bits per heavy atom. The van der Waals surface area contributed by atoms with Crippen molar-refractivity contribution >= 4 is 11.6 Å².